The zero-order chi connectivity index (χ0) is 17.8. The normalized spacial score (nSPS) is 52.6. The lowest BCUT2D eigenvalue weighted by molar-refractivity contribution is -0.128. The molecule has 0 saturated heterocycles. The van der Waals surface area contributed by atoms with Crippen LogP contribution in [0.4, 0.5) is 0 Å². The Labute approximate surface area is 154 Å². The minimum absolute atomic E-state index is 0.0238. The summed E-state index contributed by atoms with van der Waals surface area (Å²) in [6.07, 6.45) is 11.8. The predicted molar refractivity (Wildman–Crippen MR) is 103 cm³/mol. The lowest BCUT2D eigenvalue weighted by atomic mass is 9.45. The second-order valence-corrected chi connectivity index (χ2v) is 10.5. The third-order valence-corrected chi connectivity index (χ3v) is 9.60. The summed E-state index contributed by atoms with van der Waals surface area (Å²) in [5, 5.41) is 10.2. The van der Waals surface area contributed by atoms with Crippen molar-refractivity contribution < 1.29 is 5.11 Å². The van der Waals surface area contributed by atoms with E-state index in [-0.39, 0.29) is 6.10 Å². The zero-order valence-corrected chi connectivity index (χ0v) is 16.7. The second-order valence-electron chi connectivity index (χ2n) is 10.5. The Bertz CT molecular complexity index is 496. The molecule has 0 unspecified atom stereocenters. The van der Waals surface area contributed by atoms with Crippen LogP contribution in [-0.4, -0.2) is 42.3 Å². The van der Waals surface area contributed by atoms with Gasteiger partial charge in [0.15, 0.2) is 0 Å². The molecule has 0 aliphatic heterocycles. The van der Waals surface area contributed by atoms with Gasteiger partial charge in [0.25, 0.3) is 0 Å². The standard InChI is InChI=1S/C22H40N2O/c1-21-10-8-16(25)14-15(21)4-5-17-18-6-7-20(24(3)13-12-23)22(18,2)11-9-19(17)21/h15-20,25H,4-14,23H2,1-3H3/t15-,16+,17-,18-,19-,20+,21-,22-/m0/s1. The van der Waals surface area contributed by atoms with E-state index in [0.717, 1.165) is 55.6 Å². The van der Waals surface area contributed by atoms with E-state index in [4.69, 9.17) is 5.73 Å². The highest BCUT2D eigenvalue weighted by Crippen LogP contribution is 2.66. The van der Waals surface area contributed by atoms with Gasteiger partial charge in [0.05, 0.1) is 6.10 Å². The third-order valence-electron chi connectivity index (χ3n) is 9.60. The first-order chi connectivity index (χ1) is 11.9. The van der Waals surface area contributed by atoms with Gasteiger partial charge in [0.2, 0.25) is 0 Å². The van der Waals surface area contributed by atoms with Gasteiger partial charge in [-0.25, -0.2) is 0 Å². The van der Waals surface area contributed by atoms with Gasteiger partial charge >= 0.3 is 0 Å². The van der Waals surface area contributed by atoms with Crippen molar-refractivity contribution in [2.45, 2.75) is 83.8 Å². The number of aliphatic hydroxyl groups excluding tert-OH is 1. The molecule has 3 heteroatoms. The van der Waals surface area contributed by atoms with Crippen LogP contribution in [-0.2, 0) is 0 Å². The summed E-state index contributed by atoms with van der Waals surface area (Å²) in [5.41, 5.74) is 6.86. The number of aliphatic hydroxyl groups is 1. The van der Waals surface area contributed by atoms with E-state index >= 15 is 0 Å². The largest absolute Gasteiger partial charge is 0.393 e. The van der Waals surface area contributed by atoms with Crippen molar-refractivity contribution in [2.75, 3.05) is 20.1 Å². The molecular formula is C22H40N2O. The lowest BCUT2D eigenvalue weighted by Gasteiger charge is -2.61. The first-order valence-corrected chi connectivity index (χ1v) is 11.0. The average Bonchev–Trinajstić information content (AvgIpc) is 2.93. The highest BCUT2D eigenvalue weighted by atomic mass is 16.3. The second kappa shape index (κ2) is 6.49. The molecule has 8 atom stereocenters. The Morgan fingerprint density at radius 3 is 2.44 bits per heavy atom. The van der Waals surface area contributed by atoms with Crippen LogP contribution in [0.3, 0.4) is 0 Å². The van der Waals surface area contributed by atoms with E-state index in [1.54, 1.807) is 0 Å². The number of hydrogen-bond donors (Lipinski definition) is 2. The minimum atomic E-state index is -0.0238. The molecular weight excluding hydrogens is 308 g/mol. The van der Waals surface area contributed by atoms with Gasteiger partial charge in [-0.2, -0.15) is 0 Å². The fraction of sp³-hybridized carbons (Fsp3) is 1.00. The third kappa shape index (κ3) is 2.72. The quantitative estimate of drug-likeness (QED) is 0.818. The summed E-state index contributed by atoms with van der Waals surface area (Å²) in [7, 11) is 2.30. The minimum Gasteiger partial charge on any atom is -0.393 e. The Balaban J connectivity index is 1.56. The summed E-state index contributed by atoms with van der Waals surface area (Å²) < 4.78 is 0. The van der Waals surface area contributed by atoms with Crippen molar-refractivity contribution in [3.63, 3.8) is 0 Å². The van der Waals surface area contributed by atoms with Gasteiger partial charge in [0.1, 0.15) is 0 Å². The molecule has 4 aliphatic rings. The average molecular weight is 349 g/mol. The van der Waals surface area contributed by atoms with Crippen molar-refractivity contribution in [3.8, 4) is 0 Å². The summed E-state index contributed by atoms with van der Waals surface area (Å²) in [5.74, 6) is 3.54. The van der Waals surface area contributed by atoms with Crippen LogP contribution in [0.5, 0.6) is 0 Å². The maximum atomic E-state index is 10.2. The van der Waals surface area contributed by atoms with E-state index in [1.165, 1.54) is 44.9 Å². The molecule has 4 saturated carbocycles. The molecule has 4 rings (SSSR count). The first kappa shape index (κ1) is 18.3. The number of hydrogen-bond acceptors (Lipinski definition) is 3. The van der Waals surface area contributed by atoms with E-state index in [0.29, 0.717) is 10.8 Å². The molecule has 3 nitrogen and oxygen atoms in total. The highest BCUT2D eigenvalue weighted by Gasteiger charge is 2.60. The summed E-state index contributed by atoms with van der Waals surface area (Å²) in [4.78, 5) is 2.57. The molecule has 4 fully saturated rings. The van der Waals surface area contributed by atoms with Crippen LogP contribution in [0.2, 0.25) is 0 Å². The number of nitrogens with zero attached hydrogens (tertiary/aromatic N) is 1. The SMILES string of the molecule is CN(CCN)[C@@H]1CC[C@H]2[C@@H]3CC[C@H]4C[C@H](O)CC[C@]4(C)[C@H]3CC[C@@]21C. The van der Waals surface area contributed by atoms with Crippen LogP contribution >= 0.6 is 0 Å². The Morgan fingerprint density at radius 2 is 1.68 bits per heavy atom. The van der Waals surface area contributed by atoms with Gasteiger partial charge in [-0.1, -0.05) is 13.8 Å². The molecule has 25 heavy (non-hydrogen) atoms. The van der Waals surface area contributed by atoms with Gasteiger partial charge in [-0.3, -0.25) is 0 Å². The number of rotatable bonds is 3. The Hall–Kier alpha value is -0.120. The van der Waals surface area contributed by atoms with Crippen molar-refractivity contribution in [1.29, 1.82) is 0 Å². The summed E-state index contributed by atoms with van der Waals surface area (Å²) in [6, 6.07) is 0.737. The van der Waals surface area contributed by atoms with E-state index in [2.05, 4.69) is 25.8 Å². The van der Waals surface area contributed by atoms with Crippen LogP contribution in [0.15, 0.2) is 0 Å². The molecule has 4 aliphatic carbocycles. The first-order valence-electron chi connectivity index (χ1n) is 11.0. The van der Waals surface area contributed by atoms with Gasteiger partial charge in [-0.15, -0.1) is 0 Å². The van der Waals surface area contributed by atoms with Crippen LogP contribution in [0.25, 0.3) is 0 Å². The molecule has 0 aromatic carbocycles. The highest BCUT2D eigenvalue weighted by molar-refractivity contribution is 5.11. The summed E-state index contributed by atoms with van der Waals surface area (Å²) in [6.45, 7) is 7.02. The molecule has 0 aromatic rings. The van der Waals surface area contributed by atoms with E-state index < -0.39 is 0 Å². The van der Waals surface area contributed by atoms with Crippen LogP contribution < -0.4 is 5.73 Å². The molecule has 0 aromatic heterocycles. The van der Waals surface area contributed by atoms with Crippen molar-refractivity contribution >= 4 is 0 Å². The fourth-order valence-corrected chi connectivity index (χ4v) is 8.29. The molecule has 0 heterocycles. The van der Waals surface area contributed by atoms with E-state index in [1.807, 2.05) is 0 Å². The van der Waals surface area contributed by atoms with Gasteiger partial charge in [-0.05, 0) is 99.3 Å². The van der Waals surface area contributed by atoms with Crippen molar-refractivity contribution in [1.82, 2.24) is 4.90 Å². The smallest absolute Gasteiger partial charge is 0.0543 e. The van der Waals surface area contributed by atoms with Crippen LogP contribution in [0.1, 0.15) is 71.6 Å². The van der Waals surface area contributed by atoms with Crippen LogP contribution in [0, 0.1) is 34.5 Å². The number of likely N-dealkylation sites (N-methyl/N-ethyl adjacent to an activating group) is 1. The maximum absolute atomic E-state index is 10.2. The zero-order valence-electron chi connectivity index (χ0n) is 16.7. The van der Waals surface area contributed by atoms with E-state index in [9.17, 15) is 5.11 Å². The number of fused-ring (bicyclic) bond motifs is 5. The Morgan fingerprint density at radius 1 is 0.960 bits per heavy atom. The monoisotopic (exact) mass is 348 g/mol. The molecule has 0 bridgehead atoms. The topological polar surface area (TPSA) is 49.5 Å². The molecule has 0 spiro atoms. The lowest BCUT2D eigenvalue weighted by Crippen LogP contribution is -2.56. The molecule has 144 valence electrons. The predicted octanol–water partition coefficient (Wildman–Crippen LogP) is 3.65. The maximum Gasteiger partial charge on any atom is 0.0543 e. The molecule has 3 N–H and O–H groups in total. The summed E-state index contributed by atoms with van der Waals surface area (Å²) >= 11 is 0. The van der Waals surface area contributed by atoms with Gasteiger partial charge in [0, 0.05) is 19.1 Å². The molecule has 0 radical (unpaired) electrons. The van der Waals surface area contributed by atoms with Gasteiger partial charge < -0.3 is 15.7 Å². The number of nitrogens with two attached hydrogens (primary N) is 1. The molecule has 0 amide bonds. The Kier molecular flexibility index (Phi) is 4.74. The fourth-order valence-electron chi connectivity index (χ4n) is 8.29. The van der Waals surface area contributed by atoms with Crippen molar-refractivity contribution in [3.05, 3.63) is 0 Å². The van der Waals surface area contributed by atoms with Crippen molar-refractivity contribution in [2.24, 2.45) is 40.2 Å².